The molecule has 0 aliphatic carbocycles. The zero-order valence-corrected chi connectivity index (χ0v) is 15.8. The van der Waals surface area contributed by atoms with Gasteiger partial charge in [0.1, 0.15) is 18.1 Å². The van der Waals surface area contributed by atoms with Crippen LogP contribution >= 0.6 is 12.6 Å². The monoisotopic (exact) mass is 421 g/mol. The van der Waals surface area contributed by atoms with E-state index in [2.05, 4.69) is 28.6 Å². The molecule has 0 saturated carbocycles. The van der Waals surface area contributed by atoms with E-state index in [9.17, 15) is 28.8 Å². The summed E-state index contributed by atoms with van der Waals surface area (Å²) >= 11 is 3.89. The molecule has 0 aliphatic rings. The quantitative estimate of drug-likeness (QED) is 0.144. The van der Waals surface area contributed by atoms with Gasteiger partial charge in [0.25, 0.3) is 0 Å². The Kier molecular flexibility index (Phi) is 10.6. The fourth-order valence-corrected chi connectivity index (χ4v) is 2.07. The number of amides is 4. The molecule has 0 aliphatic heterocycles. The molecule has 0 saturated heterocycles. The molecule has 0 radical (unpaired) electrons. The third-order valence-corrected chi connectivity index (χ3v) is 3.68. The molecule has 0 aromatic heterocycles. The van der Waals surface area contributed by atoms with E-state index >= 15 is 0 Å². The van der Waals surface area contributed by atoms with E-state index in [4.69, 9.17) is 21.7 Å². The van der Waals surface area contributed by atoms with E-state index in [1.165, 1.54) is 6.92 Å². The number of nitrogens with two attached hydrogens (primary N) is 2. The molecule has 4 atom stereocenters. The Balaban J connectivity index is 5.14. The lowest BCUT2D eigenvalue weighted by molar-refractivity contribution is -0.141. The molecule has 0 aromatic rings. The van der Waals surface area contributed by atoms with Crippen LogP contribution in [0.5, 0.6) is 0 Å². The van der Waals surface area contributed by atoms with Crippen LogP contribution in [0.2, 0.25) is 0 Å². The minimum Gasteiger partial charge on any atom is -0.481 e. The second kappa shape index (κ2) is 11.8. The van der Waals surface area contributed by atoms with Gasteiger partial charge in [-0.1, -0.05) is 0 Å². The highest BCUT2D eigenvalue weighted by Gasteiger charge is 2.30. The molecule has 14 heteroatoms. The second-order valence-corrected chi connectivity index (χ2v) is 6.11. The molecule has 13 nitrogen and oxygen atoms in total. The molecular weight excluding hydrogens is 398 g/mol. The number of carboxylic acid groups (broad SMARTS) is 2. The van der Waals surface area contributed by atoms with Crippen molar-refractivity contribution in [2.45, 2.75) is 43.9 Å². The Morgan fingerprint density at radius 3 is 1.82 bits per heavy atom. The van der Waals surface area contributed by atoms with Crippen molar-refractivity contribution in [3.05, 3.63) is 0 Å². The normalized spacial score (nSPS) is 14.7. The molecule has 0 rings (SSSR count). The fraction of sp³-hybridized carbons (Fsp3) is 0.571. The standard InChI is InChI=1S/C14H23N5O8S/c1-5(14(26)27)17-13(25)8(4-28)19-12(24)7(3-9(16)20)18-11(23)6(15)2-10(21)22/h5-8,28H,2-4,15H2,1H3,(H2,16,20)(H,17,25)(H,18,23)(H,19,24)(H,21,22)(H,26,27). The van der Waals surface area contributed by atoms with Gasteiger partial charge in [-0.15, -0.1) is 0 Å². The summed E-state index contributed by atoms with van der Waals surface area (Å²) in [6.07, 6.45) is -1.37. The van der Waals surface area contributed by atoms with Crippen molar-refractivity contribution >= 4 is 48.2 Å². The van der Waals surface area contributed by atoms with Crippen molar-refractivity contribution in [3.8, 4) is 0 Å². The summed E-state index contributed by atoms with van der Waals surface area (Å²) in [5.74, 6) is -6.70. The lowest BCUT2D eigenvalue weighted by atomic mass is 10.1. The van der Waals surface area contributed by atoms with Crippen molar-refractivity contribution in [2.24, 2.45) is 11.5 Å². The Morgan fingerprint density at radius 2 is 1.39 bits per heavy atom. The summed E-state index contributed by atoms with van der Waals surface area (Å²) in [6.45, 7) is 1.21. The molecule has 4 unspecified atom stereocenters. The Labute approximate surface area is 165 Å². The molecule has 0 aromatic carbocycles. The van der Waals surface area contributed by atoms with Crippen LogP contribution in [-0.2, 0) is 28.8 Å². The van der Waals surface area contributed by atoms with Crippen LogP contribution in [0.25, 0.3) is 0 Å². The summed E-state index contributed by atoms with van der Waals surface area (Å²) in [4.78, 5) is 68.8. The number of carbonyl (C=O) groups is 6. The lowest BCUT2D eigenvalue weighted by Gasteiger charge is -2.23. The van der Waals surface area contributed by atoms with E-state index in [-0.39, 0.29) is 5.75 Å². The predicted octanol–water partition coefficient (Wildman–Crippen LogP) is -3.85. The van der Waals surface area contributed by atoms with Crippen molar-refractivity contribution in [1.29, 1.82) is 0 Å². The van der Waals surface area contributed by atoms with Crippen LogP contribution in [-0.4, -0.2) is 75.7 Å². The van der Waals surface area contributed by atoms with Gasteiger partial charge in [0.15, 0.2) is 0 Å². The number of aliphatic carboxylic acids is 2. The molecule has 0 fully saturated rings. The van der Waals surface area contributed by atoms with E-state index in [0.29, 0.717) is 0 Å². The summed E-state index contributed by atoms with van der Waals surface area (Å²) in [7, 11) is 0. The van der Waals surface area contributed by atoms with Gasteiger partial charge < -0.3 is 37.6 Å². The number of hydrogen-bond acceptors (Lipinski definition) is 8. The van der Waals surface area contributed by atoms with Crippen LogP contribution < -0.4 is 27.4 Å². The third-order valence-electron chi connectivity index (χ3n) is 3.31. The van der Waals surface area contributed by atoms with Crippen LogP contribution in [0.15, 0.2) is 0 Å². The van der Waals surface area contributed by atoms with Crippen LogP contribution in [0, 0.1) is 0 Å². The molecule has 158 valence electrons. The SMILES string of the molecule is CC(NC(=O)C(CS)NC(=O)C(CC(N)=O)NC(=O)C(N)CC(=O)O)C(=O)O. The smallest absolute Gasteiger partial charge is 0.325 e. The Morgan fingerprint density at radius 1 is 0.893 bits per heavy atom. The highest BCUT2D eigenvalue weighted by Crippen LogP contribution is 1.99. The molecule has 28 heavy (non-hydrogen) atoms. The highest BCUT2D eigenvalue weighted by atomic mass is 32.1. The first-order chi connectivity index (χ1) is 12.9. The zero-order chi connectivity index (χ0) is 22.0. The average Bonchev–Trinajstić information content (AvgIpc) is 2.57. The molecule has 0 spiro atoms. The number of hydrogen-bond donors (Lipinski definition) is 8. The van der Waals surface area contributed by atoms with E-state index in [0.717, 1.165) is 0 Å². The Bertz CT molecular complexity index is 643. The predicted molar refractivity (Wildman–Crippen MR) is 97.0 cm³/mol. The van der Waals surface area contributed by atoms with E-state index in [1.807, 2.05) is 0 Å². The number of primary amides is 1. The number of thiol groups is 1. The largest absolute Gasteiger partial charge is 0.481 e. The van der Waals surface area contributed by atoms with Gasteiger partial charge in [0.05, 0.1) is 18.9 Å². The summed E-state index contributed by atoms with van der Waals surface area (Å²) in [5, 5.41) is 23.9. The number of nitrogens with one attached hydrogen (secondary N) is 3. The van der Waals surface area contributed by atoms with Crippen molar-refractivity contribution in [2.75, 3.05) is 5.75 Å². The van der Waals surface area contributed by atoms with Gasteiger partial charge >= 0.3 is 11.9 Å². The highest BCUT2D eigenvalue weighted by molar-refractivity contribution is 7.80. The van der Waals surface area contributed by atoms with Gasteiger partial charge in [0, 0.05) is 5.75 Å². The van der Waals surface area contributed by atoms with Gasteiger partial charge in [-0.2, -0.15) is 12.6 Å². The lowest BCUT2D eigenvalue weighted by Crippen LogP contribution is -2.58. The van der Waals surface area contributed by atoms with Gasteiger partial charge in [-0.05, 0) is 6.92 Å². The number of rotatable bonds is 12. The van der Waals surface area contributed by atoms with Crippen LogP contribution in [0.3, 0.4) is 0 Å². The fourth-order valence-electron chi connectivity index (χ4n) is 1.81. The van der Waals surface area contributed by atoms with Crippen LogP contribution in [0.1, 0.15) is 19.8 Å². The second-order valence-electron chi connectivity index (χ2n) is 5.75. The third kappa shape index (κ3) is 9.18. The van der Waals surface area contributed by atoms with Gasteiger partial charge in [-0.3, -0.25) is 28.8 Å². The van der Waals surface area contributed by atoms with Gasteiger partial charge in [-0.25, -0.2) is 0 Å². The summed E-state index contributed by atoms with van der Waals surface area (Å²) < 4.78 is 0. The molecule has 4 amide bonds. The number of carboxylic acids is 2. The van der Waals surface area contributed by atoms with Crippen molar-refractivity contribution in [1.82, 2.24) is 16.0 Å². The summed E-state index contributed by atoms with van der Waals surface area (Å²) in [6, 6.07) is -5.53. The van der Waals surface area contributed by atoms with E-state index < -0.39 is 72.6 Å². The zero-order valence-electron chi connectivity index (χ0n) is 14.9. The maximum atomic E-state index is 12.3. The number of carbonyl (C=O) groups excluding carboxylic acids is 4. The van der Waals surface area contributed by atoms with Crippen LogP contribution in [0.4, 0.5) is 0 Å². The maximum Gasteiger partial charge on any atom is 0.325 e. The molecule has 0 heterocycles. The molecule has 9 N–H and O–H groups in total. The topological polar surface area (TPSA) is 231 Å². The van der Waals surface area contributed by atoms with Gasteiger partial charge in [0.2, 0.25) is 23.6 Å². The van der Waals surface area contributed by atoms with Crippen molar-refractivity contribution < 1.29 is 39.0 Å². The minimum absolute atomic E-state index is 0.223. The first kappa shape index (κ1) is 25.1. The summed E-state index contributed by atoms with van der Waals surface area (Å²) in [5.41, 5.74) is 10.4. The van der Waals surface area contributed by atoms with E-state index in [1.54, 1.807) is 0 Å². The first-order valence-electron chi connectivity index (χ1n) is 7.89. The Hall–Kier alpha value is -2.87. The maximum absolute atomic E-state index is 12.3. The molecular formula is C14H23N5O8S. The first-order valence-corrected chi connectivity index (χ1v) is 8.52. The molecule has 0 bridgehead atoms. The van der Waals surface area contributed by atoms with Crippen molar-refractivity contribution in [3.63, 3.8) is 0 Å². The average molecular weight is 421 g/mol. The minimum atomic E-state index is -1.53.